The lowest BCUT2D eigenvalue weighted by Gasteiger charge is -2.43. The number of carbonyl (C=O) groups excluding carboxylic acids is 1. The van der Waals surface area contributed by atoms with Crippen molar-refractivity contribution in [2.24, 2.45) is 5.41 Å². The number of thioether (sulfide) groups is 1. The largest absolute Gasteiger partial charge is 0.468 e. The van der Waals surface area contributed by atoms with Crippen LogP contribution in [0.3, 0.4) is 0 Å². The molecule has 1 saturated heterocycles. The molecule has 0 amide bonds. The summed E-state index contributed by atoms with van der Waals surface area (Å²) >= 11 is 1.81. The third-order valence-corrected chi connectivity index (χ3v) is 4.65. The molecule has 0 saturated carbocycles. The monoisotopic (exact) mass is 261 g/mol. The van der Waals surface area contributed by atoms with E-state index in [1.54, 1.807) is 18.9 Å². The lowest BCUT2D eigenvalue weighted by molar-refractivity contribution is -0.149. The Balaban J connectivity index is 2.74. The third kappa shape index (κ3) is 3.86. The Bertz CT molecular complexity index is 270. The number of ether oxygens (including phenoxy) is 2. The summed E-state index contributed by atoms with van der Waals surface area (Å²) in [6, 6.07) is 0. The first-order chi connectivity index (χ1) is 7.96. The van der Waals surface area contributed by atoms with Gasteiger partial charge < -0.3 is 9.47 Å². The van der Waals surface area contributed by atoms with Crippen molar-refractivity contribution in [3.8, 4) is 0 Å². The van der Waals surface area contributed by atoms with Gasteiger partial charge in [0.05, 0.1) is 13.7 Å². The smallest absolute Gasteiger partial charge is 0.326 e. The fourth-order valence-corrected chi connectivity index (χ4v) is 3.75. The van der Waals surface area contributed by atoms with Crippen LogP contribution in [0.2, 0.25) is 0 Å². The number of hydrogen-bond acceptors (Lipinski definition) is 5. The summed E-state index contributed by atoms with van der Waals surface area (Å²) in [7, 11) is 3.11. The molecule has 0 aliphatic carbocycles. The molecule has 0 spiro atoms. The number of methoxy groups -OCH3 is 2. The highest BCUT2D eigenvalue weighted by Gasteiger charge is 2.46. The normalized spacial score (nSPS) is 27.8. The minimum atomic E-state index is -0.556. The van der Waals surface area contributed by atoms with Crippen LogP contribution in [-0.2, 0) is 14.3 Å². The number of carbonyl (C=O) groups is 1. The maximum absolute atomic E-state index is 12.0. The molecule has 1 unspecified atom stereocenters. The minimum absolute atomic E-state index is 0.150. The molecular weight excluding hydrogens is 238 g/mol. The van der Waals surface area contributed by atoms with Gasteiger partial charge in [-0.1, -0.05) is 13.8 Å². The highest BCUT2D eigenvalue weighted by molar-refractivity contribution is 7.99. The second-order valence-corrected chi connectivity index (χ2v) is 6.31. The molecule has 1 aliphatic rings. The fourth-order valence-electron chi connectivity index (χ4n) is 2.33. The molecule has 0 bridgehead atoms. The van der Waals surface area contributed by atoms with Crippen LogP contribution in [0.5, 0.6) is 0 Å². The minimum Gasteiger partial charge on any atom is -0.468 e. The van der Waals surface area contributed by atoms with Crippen LogP contribution in [0.15, 0.2) is 0 Å². The van der Waals surface area contributed by atoms with Gasteiger partial charge in [-0.15, -0.1) is 0 Å². The van der Waals surface area contributed by atoms with Crippen LogP contribution < -0.4 is 5.32 Å². The Morgan fingerprint density at radius 1 is 1.35 bits per heavy atom. The van der Waals surface area contributed by atoms with Crippen molar-refractivity contribution in [3.05, 3.63) is 0 Å². The van der Waals surface area contributed by atoms with E-state index in [0.717, 1.165) is 17.9 Å². The van der Waals surface area contributed by atoms with Crippen molar-refractivity contribution in [2.45, 2.75) is 25.8 Å². The Labute approximate surface area is 108 Å². The van der Waals surface area contributed by atoms with Crippen molar-refractivity contribution < 1.29 is 14.3 Å². The van der Waals surface area contributed by atoms with Crippen LogP contribution >= 0.6 is 11.8 Å². The molecule has 1 rings (SSSR count). The van der Waals surface area contributed by atoms with Crippen LogP contribution in [-0.4, -0.2) is 50.4 Å². The molecule has 0 aromatic heterocycles. The number of nitrogens with one attached hydrogen (secondary N) is 1. The molecule has 1 heterocycles. The van der Waals surface area contributed by atoms with E-state index < -0.39 is 5.54 Å². The van der Waals surface area contributed by atoms with Gasteiger partial charge in [-0.3, -0.25) is 10.1 Å². The predicted molar refractivity (Wildman–Crippen MR) is 70.3 cm³/mol. The van der Waals surface area contributed by atoms with E-state index in [9.17, 15) is 4.79 Å². The molecule has 100 valence electrons. The van der Waals surface area contributed by atoms with Crippen molar-refractivity contribution in [1.29, 1.82) is 0 Å². The Morgan fingerprint density at radius 2 is 2.06 bits per heavy atom. The van der Waals surface area contributed by atoms with E-state index in [2.05, 4.69) is 19.2 Å². The topological polar surface area (TPSA) is 47.6 Å². The molecule has 1 aliphatic heterocycles. The summed E-state index contributed by atoms with van der Waals surface area (Å²) in [5.74, 6) is 1.69. The van der Waals surface area contributed by atoms with Gasteiger partial charge in [-0.25, -0.2) is 0 Å². The van der Waals surface area contributed by atoms with E-state index >= 15 is 0 Å². The molecular formula is C12H23NO3S. The van der Waals surface area contributed by atoms with E-state index in [0.29, 0.717) is 13.2 Å². The van der Waals surface area contributed by atoms with E-state index in [-0.39, 0.29) is 11.4 Å². The molecule has 0 radical (unpaired) electrons. The van der Waals surface area contributed by atoms with E-state index in [1.807, 2.05) is 0 Å². The van der Waals surface area contributed by atoms with Gasteiger partial charge in [0, 0.05) is 19.4 Å². The van der Waals surface area contributed by atoms with Crippen LogP contribution in [0.25, 0.3) is 0 Å². The van der Waals surface area contributed by atoms with Gasteiger partial charge in [-0.2, -0.15) is 11.8 Å². The fraction of sp³-hybridized carbons (Fsp3) is 0.917. The average molecular weight is 261 g/mol. The second-order valence-electron chi connectivity index (χ2n) is 5.33. The van der Waals surface area contributed by atoms with Crippen LogP contribution in [0.1, 0.15) is 20.3 Å². The first-order valence-corrected chi connectivity index (χ1v) is 7.01. The van der Waals surface area contributed by atoms with Gasteiger partial charge in [-0.05, 0) is 17.6 Å². The zero-order valence-electron chi connectivity index (χ0n) is 11.2. The van der Waals surface area contributed by atoms with Gasteiger partial charge in [0.15, 0.2) is 0 Å². The summed E-state index contributed by atoms with van der Waals surface area (Å²) in [5, 5.41) is 3.32. The van der Waals surface area contributed by atoms with Crippen LogP contribution in [0.4, 0.5) is 0 Å². The van der Waals surface area contributed by atoms with Gasteiger partial charge in [0.1, 0.15) is 5.54 Å². The Kier molecular flexibility index (Phi) is 5.28. The number of esters is 1. The van der Waals surface area contributed by atoms with Gasteiger partial charge >= 0.3 is 5.97 Å². The molecule has 4 nitrogen and oxygen atoms in total. The maximum Gasteiger partial charge on any atom is 0.326 e. The quantitative estimate of drug-likeness (QED) is 0.597. The van der Waals surface area contributed by atoms with Gasteiger partial charge in [0.25, 0.3) is 0 Å². The van der Waals surface area contributed by atoms with Crippen LogP contribution in [0, 0.1) is 5.41 Å². The molecule has 1 N–H and O–H groups in total. The maximum atomic E-state index is 12.0. The highest BCUT2D eigenvalue weighted by Crippen LogP contribution is 2.39. The zero-order valence-corrected chi connectivity index (χ0v) is 12.0. The second kappa shape index (κ2) is 6.07. The highest BCUT2D eigenvalue weighted by atomic mass is 32.2. The first kappa shape index (κ1) is 14.8. The van der Waals surface area contributed by atoms with Crippen molar-refractivity contribution >= 4 is 17.7 Å². The molecule has 1 atom stereocenters. The van der Waals surface area contributed by atoms with Crippen molar-refractivity contribution in [1.82, 2.24) is 5.32 Å². The Hall–Kier alpha value is -0.260. The van der Waals surface area contributed by atoms with E-state index in [1.165, 1.54) is 7.11 Å². The number of hydrogen-bond donors (Lipinski definition) is 1. The lowest BCUT2D eigenvalue weighted by atomic mass is 9.79. The predicted octanol–water partition coefficient (Wildman–Crippen LogP) is 1.30. The summed E-state index contributed by atoms with van der Waals surface area (Å²) in [6.45, 7) is 5.65. The molecule has 0 aromatic rings. The Morgan fingerprint density at radius 3 is 2.59 bits per heavy atom. The summed E-state index contributed by atoms with van der Waals surface area (Å²) in [6.07, 6.45) is 0.809. The molecule has 1 fully saturated rings. The zero-order chi connectivity index (χ0) is 12.9. The average Bonchev–Trinajstić information content (AvgIpc) is 2.27. The molecule has 17 heavy (non-hydrogen) atoms. The van der Waals surface area contributed by atoms with E-state index in [4.69, 9.17) is 9.47 Å². The van der Waals surface area contributed by atoms with Gasteiger partial charge in [0.2, 0.25) is 0 Å². The lowest BCUT2D eigenvalue weighted by Crippen LogP contribution is -2.60. The van der Waals surface area contributed by atoms with Crippen molar-refractivity contribution in [3.63, 3.8) is 0 Å². The third-order valence-electron chi connectivity index (χ3n) is 2.97. The summed E-state index contributed by atoms with van der Waals surface area (Å²) < 4.78 is 9.98. The summed E-state index contributed by atoms with van der Waals surface area (Å²) in [4.78, 5) is 12.0. The first-order valence-electron chi connectivity index (χ1n) is 5.86. The SMILES string of the molecule is COCCNC1(C(=O)OC)CSCC(C)(C)C1. The molecule has 5 heteroatoms. The summed E-state index contributed by atoms with van der Waals surface area (Å²) in [5.41, 5.74) is -0.406. The standard InChI is InChI=1S/C12H23NO3S/c1-11(2)7-12(9-17-8-11,10(14)16-4)13-5-6-15-3/h13H,5-9H2,1-4H3. The number of rotatable bonds is 5. The van der Waals surface area contributed by atoms with Crippen molar-refractivity contribution in [2.75, 3.05) is 38.9 Å². The molecule has 0 aromatic carbocycles.